The van der Waals surface area contributed by atoms with Crippen LogP contribution in [0.3, 0.4) is 0 Å². The molecule has 1 aromatic heterocycles. The predicted octanol–water partition coefficient (Wildman–Crippen LogP) is 5.17. The average Bonchev–Trinajstić information content (AvgIpc) is 3.20. The molecule has 5 nitrogen and oxygen atoms in total. The van der Waals surface area contributed by atoms with Gasteiger partial charge in [0.25, 0.3) is 5.56 Å². The van der Waals surface area contributed by atoms with Crippen molar-refractivity contribution in [2.45, 2.75) is 13.0 Å². The number of nitrogens with zero attached hydrogens (tertiary/aromatic N) is 2. The minimum atomic E-state index is -0.258. The molecular formula is C28H23BrN2O3S. The summed E-state index contributed by atoms with van der Waals surface area (Å²) in [6.07, 6.45) is 3.94. The second-order valence-corrected chi connectivity index (χ2v) is 9.86. The van der Waals surface area contributed by atoms with Gasteiger partial charge in [-0.25, -0.2) is 4.99 Å². The van der Waals surface area contributed by atoms with Crippen molar-refractivity contribution in [3.63, 3.8) is 0 Å². The zero-order valence-electron chi connectivity index (χ0n) is 19.3. The Hall–Kier alpha value is -3.42. The Bertz CT molecular complexity index is 1570. The quantitative estimate of drug-likeness (QED) is 0.335. The van der Waals surface area contributed by atoms with E-state index in [1.807, 2.05) is 85.8 Å². The van der Waals surface area contributed by atoms with Crippen LogP contribution < -0.4 is 24.4 Å². The van der Waals surface area contributed by atoms with Crippen LogP contribution in [0.1, 0.15) is 29.7 Å². The first-order valence-electron chi connectivity index (χ1n) is 11.2. The van der Waals surface area contributed by atoms with Gasteiger partial charge in [-0.3, -0.25) is 9.36 Å². The van der Waals surface area contributed by atoms with E-state index in [0.717, 1.165) is 26.9 Å². The number of aromatic nitrogens is 1. The Balaban J connectivity index is 1.67. The molecule has 4 aromatic rings. The molecule has 0 saturated heterocycles. The molecule has 2 heterocycles. The minimum absolute atomic E-state index is 0.0714. The highest BCUT2D eigenvalue weighted by atomic mass is 79.9. The summed E-state index contributed by atoms with van der Waals surface area (Å²) < 4.78 is 14.5. The normalized spacial score (nSPS) is 15.2. The van der Waals surface area contributed by atoms with E-state index >= 15 is 0 Å². The lowest BCUT2D eigenvalue weighted by Crippen LogP contribution is -2.36. The van der Waals surface area contributed by atoms with E-state index in [1.54, 1.807) is 11.7 Å². The molecule has 0 fully saturated rings. The Morgan fingerprint density at radius 2 is 1.83 bits per heavy atom. The van der Waals surface area contributed by atoms with Gasteiger partial charge in [-0.2, -0.15) is 0 Å². The fraction of sp³-hybridized carbons (Fsp3) is 0.143. The largest absolute Gasteiger partial charge is 0.493 e. The molecule has 0 spiro atoms. The maximum absolute atomic E-state index is 13.6. The second-order valence-electron chi connectivity index (χ2n) is 7.94. The van der Waals surface area contributed by atoms with E-state index in [1.165, 1.54) is 11.3 Å². The number of rotatable bonds is 6. The molecule has 0 amide bonds. The first-order chi connectivity index (χ1) is 17.1. The molecule has 5 rings (SSSR count). The van der Waals surface area contributed by atoms with Crippen LogP contribution in [-0.2, 0) is 0 Å². The number of ether oxygens (including phenoxy) is 2. The molecule has 7 heteroatoms. The van der Waals surface area contributed by atoms with Gasteiger partial charge in [0.2, 0.25) is 0 Å². The third-order valence-electron chi connectivity index (χ3n) is 5.71. The van der Waals surface area contributed by atoms with Crippen LogP contribution >= 0.6 is 27.3 Å². The van der Waals surface area contributed by atoms with Gasteiger partial charge in [0, 0.05) is 4.47 Å². The Labute approximate surface area is 215 Å². The van der Waals surface area contributed by atoms with E-state index in [-0.39, 0.29) is 11.6 Å². The Kier molecular flexibility index (Phi) is 6.70. The SMILES string of the molecule is CCOc1ccc(C=c2sc3n(c2=O)C(c2ccc(Br)cc2)C=C(c2ccccc2)N=3)cc1OC. The molecule has 35 heavy (non-hydrogen) atoms. The van der Waals surface area contributed by atoms with Crippen LogP contribution in [0.5, 0.6) is 11.5 Å². The first-order valence-corrected chi connectivity index (χ1v) is 12.8. The molecule has 1 unspecified atom stereocenters. The molecule has 0 radical (unpaired) electrons. The molecule has 1 atom stereocenters. The molecule has 0 bridgehead atoms. The van der Waals surface area contributed by atoms with Gasteiger partial charge >= 0.3 is 0 Å². The van der Waals surface area contributed by atoms with Crippen molar-refractivity contribution in [2.24, 2.45) is 4.99 Å². The van der Waals surface area contributed by atoms with Gasteiger partial charge in [0.05, 0.1) is 30.0 Å². The Morgan fingerprint density at radius 1 is 1.06 bits per heavy atom. The van der Waals surface area contributed by atoms with Crippen molar-refractivity contribution in [3.8, 4) is 11.5 Å². The molecule has 176 valence electrons. The van der Waals surface area contributed by atoms with Crippen LogP contribution in [0.15, 0.2) is 93.1 Å². The monoisotopic (exact) mass is 546 g/mol. The summed E-state index contributed by atoms with van der Waals surface area (Å²) in [6.45, 7) is 2.48. The van der Waals surface area contributed by atoms with Crippen molar-refractivity contribution in [1.82, 2.24) is 4.57 Å². The van der Waals surface area contributed by atoms with Crippen LogP contribution in [0, 0.1) is 0 Å². The van der Waals surface area contributed by atoms with Crippen LogP contribution in [0.25, 0.3) is 11.8 Å². The lowest BCUT2D eigenvalue weighted by atomic mass is 10.0. The van der Waals surface area contributed by atoms with E-state index < -0.39 is 0 Å². The number of benzene rings is 3. The topological polar surface area (TPSA) is 52.8 Å². The van der Waals surface area contributed by atoms with E-state index in [2.05, 4.69) is 22.0 Å². The van der Waals surface area contributed by atoms with E-state index in [4.69, 9.17) is 14.5 Å². The van der Waals surface area contributed by atoms with Gasteiger partial charge in [-0.1, -0.05) is 75.8 Å². The molecule has 0 aliphatic carbocycles. The first kappa shape index (κ1) is 23.3. The van der Waals surface area contributed by atoms with Crippen molar-refractivity contribution < 1.29 is 9.47 Å². The van der Waals surface area contributed by atoms with E-state index in [0.29, 0.717) is 27.4 Å². The number of halogens is 1. The van der Waals surface area contributed by atoms with E-state index in [9.17, 15) is 4.79 Å². The number of allylic oxidation sites excluding steroid dienone is 1. The summed E-state index contributed by atoms with van der Waals surface area (Å²) in [5.41, 5.74) is 3.68. The number of hydrogen-bond acceptors (Lipinski definition) is 5. The highest BCUT2D eigenvalue weighted by molar-refractivity contribution is 9.10. The molecule has 0 saturated carbocycles. The fourth-order valence-electron chi connectivity index (χ4n) is 4.05. The van der Waals surface area contributed by atoms with Crippen LogP contribution in [0.2, 0.25) is 0 Å². The summed E-state index contributed by atoms with van der Waals surface area (Å²) >= 11 is 4.90. The highest BCUT2D eigenvalue weighted by Gasteiger charge is 2.22. The lowest BCUT2D eigenvalue weighted by Gasteiger charge is -2.19. The van der Waals surface area contributed by atoms with Crippen LogP contribution in [-0.4, -0.2) is 18.3 Å². The van der Waals surface area contributed by atoms with Gasteiger partial charge in [-0.05, 0) is 60.0 Å². The maximum atomic E-state index is 13.6. The second kappa shape index (κ2) is 10.1. The summed E-state index contributed by atoms with van der Waals surface area (Å²) in [5.74, 6) is 1.31. The number of thiazole rings is 1. The standard InChI is InChI=1S/C28H23BrN2O3S/c1-3-34-24-14-9-18(15-25(24)33-2)16-26-27(32)31-23(20-10-12-21(29)13-11-20)17-22(30-28(31)35-26)19-7-5-4-6-8-19/h4-17,23H,3H2,1-2H3. The number of methoxy groups -OCH3 is 1. The molecular weight excluding hydrogens is 524 g/mol. The van der Waals surface area contributed by atoms with Crippen molar-refractivity contribution in [1.29, 1.82) is 0 Å². The summed E-state index contributed by atoms with van der Waals surface area (Å²) in [5, 5.41) is 0. The molecule has 0 N–H and O–H groups in total. The zero-order chi connectivity index (χ0) is 24.4. The molecule has 3 aromatic carbocycles. The van der Waals surface area contributed by atoms with Gasteiger partial charge in [0.15, 0.2) is 16.3 Å². The highest BCUT2D eigenvalue weighted by Crippen LogP contribution is 2.29. The number of hydrogen-bond donors (Lipinski definition) is 0. The van der Waals surface area contributed by atoms with Crippen molar-refractivity contribution >= 4 is 39.0 Å². The minimum Gasteiger partial charge on any atom is -0.493 e. The maximum Gasteiger partial charge on any atom is 0.271 e. The predicted molar refractivity (Wildman–Crippen MR) is 144 cm³/mol. The fourth-order valence-corrected chi connectivity index (χ4v) is 5.33. The Morgan fingerprint density at radius 3 is 2.54 bits per heavy atom. The third kappa shape index (κ3) is 4.74. The summed E-state index contributed by atoms with van der Waals surface area (Å²) in [6, 6.07) is 23.5. The number of fused-ring (bicyclic) bond motifs is 1. The van der Waals surface area contributed by atoms with Gasteiger partial charge < -0.3 is 9.47 Å². The molecule has 1 aliphatic heterocycles. The van der Waals surface area contributed by atoms with Gasteiger partial charge in [0.1, 0.15) is 0 Å². The summed E-state index contributed by atoms with van der Waals surface area (Å²) in [7, 11) is 1.61. The van der Waals surface area contributed by atoms with Crippen LogP contribution in [0.4, 0.5) is 0 Å². The van der Waals surface area contributed by atoms with Crippen molar-refractivity contribution in [3.05, 3.63) is 120 Å². The van der Waals surface area contributed by atoms with Crippen molar-refractivity contribution in [2.75, 3.05) is 13.7 Å². The third-order valence-corrected chi connectivity index (χ3v) is 7.22. The summed E-state index contributed by atoms with van der Waals surface area (Å²) in [4.78, 5) is 19.2. The lowest BCUT2D eigenvalue weighted by molar-refractivity contribution is 0.311. The zero-order valence-corrected chi connectivity index (χ0v) is 21.7. The smallest absolute Gasteiger partial charge is 0.271 e. The molecule has 1 aliphatic rings. The average molecular weight is 547 g/mol. The van der Waals surface area contributed by atoms with Gasteiger partial charge in [-0.15, -0.1) is 0 Å².